The van der Waals surface area contributed by atoms with Gasteiger partial charge >= 0.3 is 0 Å². The highest BCUT2D eigenvalue weighted by Gasteiger charge is 2.22. The smallest absolute Gasteiger partial charge is 0.222 e. The molecule has 1 saturated heterocycles. The van der Waals surface area contributed by atoms with E-state index in [1.165, 1.54) is 18.5 Å². The Hall–Kier alpha value is -2.24. The number of hydrogen-bond acceptors (Lipinski definition) is 4. The number of aromatic nitrogens is 2. The van der Waals surface area contributed by atoms with Gasteiger partial charge in [-0.15, -0.1) is 0 Å². The number of likely N-dealkylation sites (tertiary alicyclic amines) is 1. The van der Waals surface area contributed by atoms with Crippen LogP contribution in [0.3, 0.4) is 0 Å². The molecule has 1 aromatic carbocycles. The van der Waals surface area contributed by atoms with Gasteiger partial charge in [-0.2, -0.15) is 0 Å². The minimum absolute atomic E-state index is 0.0356. The minimum Gasteiger partial charge on any atom is -0.365 e. The Bertz CT molecular complexity index is 676. The molecule has 5 nitrogen and oxygen atoms in total. The quantitative estimate of drug-likeness (QED) is 0.937. The number of rotatable bonds is 4. The summed E-state index contributed by atoms with van der Waals surface area (Å²) in [6, 6.07) is 4.47. The van der Waals surface area contributed by atoms with Crippen molar-refractivity contribution in [2.45, 2.75) is 25.8 Å². The third-order valence-electron chi connectivity index (χ3n) is 3.65. The predicted octanol–water partition coefficient (Wildman–Crippen LogP) is 2.19. The lowest BCUT2D eigenvalue weighted by atomic mass is 10.2. The van der Waals surface area contributed by atoms with Crippen molar-refractivity contribution in [3.8, 4) is 0 Å². The molecule has 110 valence electrons. The van der Waals surface area contributed by atoms with Gasteiger partial charge < -0.3 is 10.2 Å². The normalized spacial score (nSPS) is 16.5. The van der Waals surface area contributed by atoms with Gasteiger partial charge in [0.15, 0.2) is 0 Å². The highest BCUT2D eigenvalue weighted by atomic mass is 19.1. The van der Waals surface area contributed by atoms with Crippen LogP contribution in [0.5, 0.6) is 0 Å². The Morgan fingerprint density at radius 3 is 3.05 bits per heavy atom. The number of carbonyl (C=O) groups is 1. The Labute approximate surface area is 122 Å². The number of carbonyl (C=O) groups excluding carboxylic acids is 1. The van der Waals surface area contributed by atoms with Crippen LogP contribution >= 0.6 is 0 Å². The SMILES string of the molecule is CC(CN1CCCC1=O)Nc1ncnc2ccc(F)cc12. The number of benzene rings is 1. The van der Waals surface area contributed by atoms with Gasteiger partial charge in [-0.3, -0.25) is 4.79 Å². The van der Waals surface area contributed by atoms with Gasteiger partial charge in [0.05, 0.1) is 5.52 Å². The summed E-state index contributed by atoms with van der Waals surface area (Å²) >= 11 is 0. The fourth-order valence-electron chi connectivity index (χ4n) is 2.65. The zero-order valence-electron chi connectivity index (χ0n) is 11.8. The van der Waals surface area contributed by atoms with E-state index >= 15 is 0 Å². The summed E-state index contributed by atoms with van der Waals surface area (Å²) in [6.07, 6.45) is 3.01. The zero-order valence-corrected chi connectivity index (χ0v) is 11.8. The Kier molecular flexibility index (Phi) is 3.68. The second-order valence-corrected chi connectivity index (χ2v) is 5.37. The van der Waals surface area contributed by atoms with E-state index in [-0.39, 0.29) is 17.8 Å². The first-order valence-corrected chi connectivity index (χ1v) is 7.08. The standard InChI is InChI=1S/C15H17FN4O/c1-10(8-20-6-2-3-14(20)21)19-15-12-7-11(16)4-5-13(12)17-9-18-15/h4-5,7,9-10H,2-3,6,8H2,1H3,(H,17,18,19). The summed E-state index contributed by atoms with van der Waals surface area (Å²) in [7, 11) is 0. The fourth-order valence-corrected chi connectivity index (χ4v) is 2.65. The van der Waals surface area contributed by atoms with E-state index in [4.69, 9.17) is 0 Å². The Morgan fingerprint density at radius 2 is 2.29 bits per heavy atom. The third kappa shape index (κ3) is 2.94. The van der Waals surface area contributed by atoms with Crippen LogP contribution < -0.4 is 5.32 Å². The monoisotopic (exact) mass is 288 g/mol. The van der Waals surface area contributed by atoms with Crippen molar-refractivity contribution in [2.24, 2.45) is 0 Å². The number of hydrogen-bond donors (Lipinski definition) is 1. The molecule has 2 heterocycles. The van der Waals surface area contributed by atoms with Crippen LogP contribution in [0, 0.1) is 5.82 Å². The second kappa shape index (κ2) is 5.63. The molecule has 1 atom stereocenters. The number of nitrogens with one attached hydrogen (secondary N) is 1. The van der Waals surface area contributed by atoms with Crippen LogP contribution in [-0.4, -0.2) is 39.9 Å². The molecule has 1 unspecified atom stereocenters. The van der Waals surface area contributed by atoms with E-state index < -0.39 is 0 Å². The van der Waals surface area contributed by atoms with Crippen molar-refractivity contribution >= 4 is 22.6 Å². The predicted molar refractivity (Wildman–Crippen MR) is 78.4 cm³/mol. The molecule has 2 aromatic rings. The molecule has 0 radical (unpaired) electrons. The van der Waals surface area contributed by atoms with Crippen LogP contribution in [0.15, 0.2) is 24.5 Å². The van der Waals surface area contributed by atoms with Crippen molar-refractivity contribution in [1.29, 1.82) is 0 Å². The van der Waals surface area contributed by atoms with Crippen LogP contribution in [0.1, 0.15) is 19.8 Å². The molecule has 1 amide bonds. The van der Waals surface area contributed by atoms with Gasteiger partial charge in [0.2, 0.25) is 5.91 Å². The van der Waals surface area contributed by atoms with Crippen molar-refractivity contribution in [3.05, 3.63) is 30.3 Å². The number of amides is 1. The van der Waals surface area contributed by atoms with E-state index in [0.29, 0.717) is 29.7 Å². The molecule has 1 aliphatic rings. The van der Waals surface area contributed by atoms with Crippen LogP contribution in [0.2, 0.25) is 0 Å². The van der Waals surface area contributed by atoms with Gasteiger partial charge in [-0.05, 0) is 31.5 Å². The molecule has 1 aromatic heterocycles. The highest BCUT2D eigenvalue weighted by Crippen LogP contribution is 2.21. The summed E-state index contributed by atoms with van der Waals surface area (Å²) < 4.78 is 13.4. The Balaban J connectivity index is 1.78. The van der Waals surface area contributed by atoms with Crippen molar-refractivity contribution in [2.75, 3.05) is 18.4 Å². The summed E-state index contributed by atoms with van der Waals surface area (Å²) in [5.74, 6) is 0.476. The number of halogens is 1. The van der Waals surface area contributed by atoms with Crippen molar-refractivity contribution < 1.29 is 9.18 Å². The van der Waals surface area contributed by atoms with Gasteiger partial charge in [-0.1, -0.05) is 0 Å². The van der Waals surface area contributed by atoms with E-state index in [0.717, 1.165) is 13.0 Å². The number of anilines is 1. The van der Waals surface area contributed by atoms with Crippen LogP contribution in [0.4, 0.5) is 10.2 Å². The second-order valence-electron chi connectivity index (χ2n) is 5.37. The summed E-state index contributed by atoms with van der Waals surface area (Å²) in [4.78, 5) is 21.8. The first kappa shape index (κ1) is 13.7. The van der Waals surface area contributed by atoms with Crippen LogP contribution in [-0.2, 0) is 4.79 Å². The van der Waals surface area contributed by atoms with E-state index in [1.54, 1.807) is 6.07 Å². The van der Waals surface area contributed by atoms with Gasteiger partial charge in [-0.25, -0.2) is 14.4 Å². The molecule has 21 heavy (non-hydrogen) atoms. The molecule has 0 bridgehead atoms. The molecule has 6 heteroatoms. The van der Waals surface area contributed by atoms with Crippen molar-refractivity contribution in [3.63, 3.8) is 0 Å². The third-order valence-corrected chi connectivity index (χ3v) is 3.65. The maximum absolute atomic E-state index is 13.4. The topological polar surface area (TPSA) is 58.1 Å². The molecule has 0 spiro atoms. The zero-order chi connectivity index (χ0) is 14.8. The van der Waals surface area contributed by atoms with Crippen LogP contribution in [0.25, 0.3) is 10.9 Å². The molecule has 1 aliphatic heterocycles. The lowest BCUT2D eigenvalue weighted by Crippen LogP contribution is -2.35. The average molecular weight is 288 g/mol. The summed E-state index contributed by atoms with van der Waals surface area (Å²) in [6.45, 7) is 3.42. The lowest BCUT2D eigenvalue weighted by molar-refractivity contribution is -0.127. The van der Waals surface area contributed by atoms with Gasteiger partial charge in [0, 0.05) is 30.9 Å². The lowest BCUT2D eigenvalue weighted by Gasteiger charge is -2.22. The largest absolute Gasteiger partial charge is 0.365 e. The fraction of sp³-hybridized carbons (Fsp3) is 0.400. The van der Waals surface area contributed by atoms with Gasteiger partial charge in [0.1, 0.15) is 18.0 Å². The molecular formula is C15H17FN4O. The maximum atomic E-state index is 13.4. The first-order valence-electron chi connectivity index (χ1n) is 7.08. The Morgan fingerprint density at radius 1 is 1.43 bits per heavy atom. The summed E-state index contributed by atoms with van der Waals surface area (Å²) in [5.41, 5.74) is 0.693. The number of nitrogens with zero attached hydrogens (tertiary/aromatic N) is 3. The molecule has 1 fully saturated rings. The number of fused-ring (bicyclic) bond motifs is 1. The summed E-state index contributed by atoms with van der Waals surface area (Å²) in [5, 5.41) is 3.90. The molecular weight excluding hydrogens is 271 g/mol. The average Bonchev–Trinajstić information content (AvgIpc) is 2.85. The molecule has 0 aliphatic carbocycles. The minimum atomic E-state index is -0.317. The highest BCUT2D eigenvalue weighted by molar-refractivity contribution is 5.88. The molecule has 0 saturated carbocycles. The van der Waals surface area contributed by atoms with Gasteiger partial charge in [0.25, 0.3) is 0 Å². The maximum Gasteiger partial charge on any atom is 0.222 e. The van der Waals surface area contributed by atoms with E-state index in [9.17, 15) is 9.18 Å². The first-order chi connectivity index (χ1) is 10.1. The van der Waals surface area contributed by atoms with E-state index in [1.807, 2.05) is 11.8 Å². The molecule has 1 N–H and O–H groups in total. The van der Waals surface area contributed by atoms with Crippen molar-refractivity contribution in [1.82, 2.24) is 14.9 Å². The van der Waals surface area contributed by atoms with E-state index in [2.05, 4.69) is 15.3 Å². The molecule has 3 rings (SSSR count).